The Kier molecular flexibility index (Phi) is 23.8. The molecule has 10 aromatic rings. The van der Waals surface area contributed by atoms with Crippen LogP contribution in [0.3, 0.4) is 0 Å². The van der Waals surface area contributed by atoms with Gasteiger partial charge in [-0.3, -0.25) is 43.2 Å². The monoisotopic (exact) mass is 1460 g/mol. The molecule has 4 aliphatic carbocycles. The van der Waals surface area contributed by atoms with Crippen LogP contribution in [-0.4, -0.2) is 102 Å². The van der Waals surface area contributed by atoms with Gasteiger partial charge in [0.15, 0.2) is 57.9 Å². The molecule has 1 aliphatic heterocycles. The van der Waals surface area contributed by atoms with Crippen molar-refractivity contribution >= 4 is 120 Å². The van der Waals surface area contributed by atoms with Gasteiger partial charge in [0.25, 0.3) is 5.24 Å². The smallest absolute Gasteiger partial charge is 0.343 e. The van der Waals surface area contributed by atoms with Crippen LogP contribution in [-0.2, 0) is 14.3 Å². The number of hydrogen-bond acceptors (Lipinski definition) is 22. The van der Waals surface area contributed by atoms with Gasteiger partial charge in [0.05, 0.1) is 16.7 Å². The molecule has 1 saturated heterocycles. The number of carbonyl (C=O) groups excluding carboxylic acids is 11. The van der Waals surface area contributed by atoms with E-state index >= 15 is 0 Å². The molecule has 538 valence electrons. The molecule has 107 heavy (non-hydrogen) atoms. The number of phenolic OH excluding ortho intramolecular Hbond substituents is 2. The van der Waals surface area contributed by atoms with E-state index in [2.05, 4.69) is 0 Å². The van der Waals surface area contributed by atoms with Gasteiger partial charge in [0.2, 0.25) is 17.3 Å². The maximum Gasteiger partial charge on any atom is 0.343 e. The minimum Gasteiger partial charge on any atom is -0.507 e. The van der Waals surface area contributed by atoms with E-state index in [0.29, 0.717) is 89.2 Å². The van der Waals surface area contributed by atoms with Crippen molar-refractivity contribution in [2.45, 2.75) is 46.3 Å². The number of aliphatic hydroxyl groups excluding tert-OH is 1. The highest BCUT2D eigenvalue weighted by molar-refractivity contribution is 6.67. The highest BCUT2D eigenvalue weighted by Crippen LogP contribution is 2.46. The second-order valence-electron chi connectivity index (χ2n) is 24.3. The van der Waals surface area contributed by atoms with Crippen LogP contribution in [0.4, 0.5) is 22.7 Å². The van der Waals surface area contributed by atoms with E-state index in [9.17, 15) is 72.9 Å². The lowest BCUT2D eigenvalue weighted by Gasteiger charge is -2.18. The van der Waals surface area contributed by atoms with Crippen LogP contribution in [0.1, 0.15) is 153 Å². The normalized spacial score (nSPS) is 15.3. The second-order valence-corrected chi connectivity index (χ2v) is 24.6. The van der Waals surface area contributed by atoms with E-state index in [1.807, 2.05) is 0 Å². The van der Waals surface area contributed by atoms with Gasteiger partial charge in [-0.25, -0.2) is 14.4 Å². The first-order chi connectivity index (χ1) is 50.8. The van der Waals surface area contributed by atoms with E-state index in [0.717, 1.165) is 0 Å². The number of Topliss-reactive ketones (excluding diaryl/α,β-unsaturated/α-hetero) is 7. The number of nitrogens with two attached hydrogens (primary N) is 4. The molecule has 0 radical (unpaired) electrons. The molecule has 5 aliphatic rings. The summed E-state index contributed by atoms with van der Waals surface area (Å²) < 4.78 is 15.7. The van der Waals surface area contributed by atoms with Gasteiger partial charge in [-0.15, -0.1) is 0 Å². The molecule has 1 fully saturated rings. The Balaban J connectivity index is 0.000000148. The van der Waals surface area contributed by atoms with Gasteiger partial charge in [0.1, 0.15) is 11.5 Å². The Morgan fingerprint density at radius 3 is 1.28 bits per heavy atom. The largest absolute Gasteiger partial charge is 0.507 e. The van der Waals surface area contributed by atoms with Crippen molar-refractivity contribution in [3.8, 4) is 17.2 Å². The summed E-state index contributed by atoms with van der Waals surface area (Å²) in [6, 6.07) is 58.4. The van der Waals surface area contributed by atoms with E-state index in [1.165, 1.54) is 62.4 Å². The number of aliphatic hydroxyl groups is 1. The van der Waals surface area contributed by atoms with Crippen molar-refractivity contribution in [2.24, 2.45) is 0 Å². The summed E-state index contributed by atoms with van der Waals surface area (Å²) >= 11 is 5.18. The van der Waals surface area contributed by atoms with Crippen molar-refractivity contribution in [3.05, 3.63) is 319 Å². The lowest BCUT2D eigenvalue weighted by molar-refractivity contribution is -0.111. The number of nitrogen functional groups attached to an aromatic ring is 4. The van der Waals surface area contributed by atoms with Gasteiger partial charge in [0, 0.05) is 106 Å². The zero-order valence-corrected chi connectivity index (χ0v) is 58.3. The number of esters is 2. The Morgan fingerprint density at radius 1 is 0.421 bits per heavy atom. The molecule has 0 bridgehead atoms. The van der Waals surface area contributed by atoms with E-state index in [4.69, 9.17) is 53.9 Å². The fraction of sp³-hybridized carbons (Fsp3) is 0.0843. The maximum atomic E-state index is 12.5. The number of aromatic hydroxyl groups is 2. The standard InChI is InChI=1S/C18H15NO4.C18H13NO4.2C11H8O3.C11H8O2.C7H6ClNO.C7H7NO2/c2*1-10-15(20)13-4-2-3-5-14(13)16(21)17(10)23-18(22)11-6-8-12(19)9-7-11;1-11-9(13)7-5-3-2-4-6(7)8(12)10(11)14-11;1-6-9(12)7-4-2-3-5-8(7)11(14)10(6)13;1-7-6-10(12)8-4-2-3-5-9(8)11(7)13;8-7(10)5-1-3-6(9)4-2-5;8-6-3-1-5(2-4-6)7(9)10/h2-9,20-21H,19H2,1H3;2-9H,19H2,1H3;2-5,10H,1H3;2-5,12H,1H3;2-6H,1H3;1-4H,9H2;1-4H,8H2,(H,9,10). The summed E-state index contributed by atoms with van der Waals surface area (Å²) in [6.45, 7) is 7.84. The topological polar surface area (TPSA) is 421 Å². The van der Waals surface area contributed by atoms with Crippen molar-refractivity contribution in [1.29, 1.82) is 0 Å². The van der Waals surface area contributed by atoms with Crippen LogP contribution in [0, 0.1) is 6.92 Å². The SMILES string of the molecule is CC12OC1C(=O)c1ccccc1C2=O.CC1=C(O)c2ccccc2C(=O)C1=O.CC1=C(OC(=O)c2ccc(N)cc2)C(=O)c2ccccc2C1=O.CC1=CC(=O)c2ccccc2C1=O.Cc1c(OC(=O)c2ccc(N)cc2)c(O)c2ccccc2c1O.Nc1ccc(C(=O)Cl)cc1.Nc1ccc(C(=O)O)cc1. The van der Waals surface area contributed by atoms with E-state index in [-0.39, 0.29) is 91.1 Å². The van der Waals surface area contributed by atoms with Crippen LogP contribution >= 0.6 is 11.6 Å². The molecule has 23 nitrogen and oxygen atoms in total. The van der Waals surface area contributed by atoms with Crippen LogP contribution in [0.25, 0.3) is 16.5 Å². The molecule has 0 saturated carbocycles. The Hall–Kier alpha value is -14.0. The fourth-order valence-corrected chi connectivity index (χ4v) is 11.1. The third-order valence-electron chi connectivity index (χ3n) is 17.0. The highest BCUT2D eigenvalue weighted by Gasteiger charge is 2.65. The predicted molar refractivity (Wildman–Crippen MR) is 399 cm³/mol. The van der Waals surface area contributed by atoms with Crippen molar-refractivity contribution in [3.63, 3.8) is 0 Å². The van der Waals surface area contributed by atoms with Crippen LogP contribution in [0.5, 0.6) is 17.2 Å². The molecule has 24 heteroatoms. The zero-order chi connectivity index (χ0) is 77.9. The number of rotatable bonds is 6. The van der Waals surface area contributed by atoms with Crippen LogP contribution in [0.15, 0.2) is 247 Å². The minimum absolute atomic E-state index is 0.0292. The van der Waals surface area contributed by atoms with Crippen molar-refractivity contribution in [1.82, 2.24) is 0 Å². The number of carboxylic acid groups (broad SMARTS) is 1. The van der Waals surface area contributed by atoms with Crippen molar-refractivity contribution < 1.29 is 92.2 Å². The number of ketones is 8. The summed E-state index contributed by atoms with van der Waals surface area (Å²) in [5.74, 6) is -5.08. The quantitative estimate of drug-likeness (QED) is 0.0146. The summed E-state index contributed by atoms with van der Waals surface area (Å²) in [5, 5.41) is 39.2. The number of halogens is 1. The molecule has 2 atom stereocenters. The average Bonchev–Trinajstić information content (AvgIpc) is 1.53. The third-order valence-corrected chi connectivity index (χ3v) is 17.3. The van der Waals surface area contributed by atoms with E-state index < -0.39 is 52.2 Å². The van der Waals surface area contributed by atoms with Crippen LogP contribution in [0.2, 0.25) is 0 Å². The number of benzene rings is 10. The average molecular weight is 1460 g/mol. The maximum absolute atomic E-state index is 12.5. The van der Waals surface area contributed by atoms with Gasteiger partial charge in [-0.05, 0) is 149 Å². The fourth-order valence-electron chi connectivity index (χ4n) is 10.9. The number of hydrogen-bond donors (Lipinski definition) is 8. The molecule has 12 N–H and O–H groups in total. The molecule has 0 aromatic heterocycles. The molecule has 10 aromatic carbocycles. The molecule has 0 amide bonds. The molecule has 0 spiro atoms. The first-order valence-electron chi connectivity index (χ1n) is 32.3. The predicted octanol–water partition coefficient (Wildman–Crippen LogP) is 13.7. The molecule has 1 heterocycles. The summed E-state index contributed by atoms with van der Waals surface area (Å²) in [7, 11) is 0. The number of allylic oxidation sites excluding steroid dienone is 5. The Labute approximate surface area is 615 Å². The summed E-state index contributed by atoms with van der Waals surface area (Å²) in [5.41, 5.74) is 28.9. The zero-order valence-electron chi connectivity index (χ0n) is 57.5. The highest BCUT2D eigenvalue weighted by atomic mass is 35.5. The number of carboxylic acids is 1. The molecular weight excluding hydrogens is 1390 g/mol. The number of epoxide rings is 1. The van der Waals surface area contributed by atoms with Crippen molar-refractivity contribution in [2.75, 3.05) is 22.9 Å². The summed E-state index contributed by atoms with van der Waals surface area (Å²) in [6.07, 6.45) is 0.856. The number of fused-ring (bicyclic) bond motifs is 6. The lowest BCUT2D eigenvalue weighted by atomic mass is 9.83. The Bertz CT molecular complexity index is 5370. The number of aromatic carboxylic acids is 1. The lowest BCUT2D eigenvalue weighted by Crippen LogP contribution is -2.34. The first-order valence-corrected chi connectivity index (χ1v) is 32.6. The number of carbonyl (C=O) groups is 12. The van der Waals surface area contributed by atoms with Gasteiger partial charge in [-0.2, -0.15) is 0 Å². The van der Waals surface area contributed by atoms with Gasteiger partial charge in [-0.1, -0.05) is 121 Å². The third kappa shape index (κ3) is 17.2. The molecular formula is C83H65ClN4O19. The van der Waals surface area contributed by atoms with Gasteiger partial charge >= 0.3 is 17.9 Å². The van der Waals surface area contributed by atoms with Crippen LogP contribution < -0.4 is 27.7 Å². The first kappa shape index (κ1) is 77.1. The Morgan fingerprint density at radius 2 is 0.804 bits per heavy atom. The number of anilines is 4. The van der Waals surface area contributed by atoms with Gasteiger partial charge < -0.3 is 57.6 Å². The second kappa shape index (κ2) is 33.0. The number of phenols is 2. The summed E-state index contributed by atoms with van der Waals surface area (Å²) in [4.78, 5) is 139. The molecule has 2 unspecified atom stereocenters. The number of ether oxygens (including phenoxy) is 3. The molecule has 15 rings (SSSR count). The van der Waals surface area contributed by atoms with E-state index in [1.54, 1.807) is 197 Å². The minimum atomic E-state index is -0.931.